The molecule has 1 N–H and O–H groups in total. The maximum absolute atomic E-state index is 13.4. The molecule has 35 heavy (non-hydrogen) atoms. The number of benzene rings is 1. The smallest absolute Gasteiger partial charge is 0.267 e. The Morgan fingerprint density at radius 1 is 1.11 bits per heavy atom. The summed E-state index contributed by atoms with van der Waals surface area (Å²) in [4.78, 5) is 35.7. The summed E-state index contributed by atoms with van der Waals surface area (Å²) in [6.45, 7) is 4.17. The van der Waals surface area contributed by atoms with E-state index in [1.54, 1.807) is 12.3 Å². The first kappa shape index (κ1) is 22.8. The molecule has 2 heterocycles. The lowest BCUT2D eigenvalue weighted by Crippen LogP contribution is -2.56. The maximum Gasteiger partial charge on any atom is 0.267 e. The summed E-state index contributed by atoms with van der Waals surface area (Å²) in [6, 6.07) is 11.3. The van der Waals surface area contributed by atoms with Gasteiger partial charge in [0.15, 0.2) is 5.16 Å². The van der Waals surface area contributed by atoms with E-state index in [2.05, 4.69) is 17.2 Å². The minimum atomic E-state index is -0.170. The van der Waals surface area contributed by atoms with Crippen molar-refractivity contribution in [3.05, 3.63) is 58.5 Å². The molecule has 1 amide bonds. The van der Waals surface area contributed by atoms with E-state index in [-0.39, 0.29) is 28.7 Å². The lowest BCUT2D eigenvalue weighted by molar-refractivity contribution is -0.123. The van der Waals surface area contributed by atoms with Gasteiger partial charge in [-0.05, 0) is 99.3 Å². The van der Waals surface area contributed by atoms with Crippen LogP contribution in [0.4, 0.5) is 0 Å². The summed E-state index contributed by atoms with van der Waals surface area (Å²) in [5.74, 6) is 3.30. The lowest BCUT2D eigenvalue weighted by Gasteiger charge is -2.59. The third-order valence-corrected chi connectivity index (χ3v) is 9.52. The summed E-state index contributed by atoms with van der Waals surface area (Å²) in [5.41, 5.74) is 1.75. The summed E-state index contributed by atoms with van der Waals surface area (Å²) in [5, 5.41) is 4.36. The molecule has 3 aromatic rings. The molecule has 1 aromatic carbocycles. The Bertz CT molecular complexity index is 1300. The molecule has 1 unspecified atom stereocenters. The first-order valence-corrected chi connectivity index (χ1v) is 13.8. The van der Waals surface area contributed by atoms with Crippen LogP contribution in [0.25, 0.3) is 16.7 Å². The second-order valence-corrected chi connectivity index (χ2v) is 12.0. The maximum atomic E-state index is 13.4. The molecule has 4 aliphatic rings. The van der Waals surface area contributed by atoms with Crippen LogP contribution in [-0.4, -0.2) is 32.2 Å². The van der Waals surface area contributed by atoms with E-state index in [0.29, 0.717) is 21.9 Å². The number of thioether (sulfide) groups is 1. The van der Waals surface area contributed by atoms with Gasteiger partial charge in [0.05, 0.1) is 16.7 Å². The van der Waals surface area contributed by atoms with Crippen molar-refractivity contribution >= 4 is 28.6 Å². The number of carbonyl (C=O) groups is 1. The number of aromatic nitrogens is 3. The van der Waals surface area contributed by atoms with E-state index >= 15 is 0 Å². The van der Waals surface area contributed by atoms with E-state index in [9.17, 15) is 9.59 Å². The Kier molecular flexibility index (Phi) is 5.71. The SMILES string of the molecule is Cc1ccc(-n2c(SCC(=O)NC(C)C34CC5CC(CC(C5)C3)C4)nc3ccccc3c2=O)nc1. The van der Waals surface area contributed by atoms with Crippen molar-refractivity contribution in [3.63, 3.8) is 0 Å². The van der Waals surface area contributed by atoms with Crippen LogP contribution < -0.4 is 10.9 Å². The highest BCUT2D eigenvalue weighted by molar-refractivity contribution is 7.99. The van der Waals surface area contributed by atoms with Crippen molar-refractivity contribution in [2.45, 2.75) is 63.6 Å². The van der Waals surface area contributed by atoms with Crippen molar-refractivity contribution in [2.75, 3.05) is 5.75 Å². The zero-order valence-electron chi connectivity index (χ0n) is 20.4. The molecule has 7 heteroatoms. The van der Waals surface area contributed by atoms with E-state index in [0.717, 1.165) is 23.3 Å². The predicted octanol–water partition coefficient (Wildman–Crippen LogP) is 4.90. The van der Waals surface area contributed by atoms with Crippen molar-refractivity contribution in [1.29, 1.82) is 0 Å². The normalized spacial score (nSPS) is 27.8. The molecule has 6 nitrogen and oxygen atoms in total. The summed E-state index contributed by atoms with van der Waals surface area (Å²) >= 11 is 1.30. The van der Waals surface area contributed by atoms with Crippen LogP contribution >= 0.6 is 11.8 Å². The highest BCUT2D eigenvalue weighted by Gasteiger charge is 2.53. The molecule has 0 aliphatic heterocycles. The van der Waals surface area contributed by atoms with Gasteiger partial charge in [0, 0.05) is 12.2 Å². The van der Waals surface area contributed by atoms with Crippen LogP contribution in [0.2, 0.25) is 0 Å². The Balaban J connectivity index is 1.23. The largest absolute Gasteiger partial charge is 0.352 e. The molecule has 4 aliphatic carbocycles. The fraction of sp³-hybridized carbons (Fsp3) is 0.500. The van der Waals surface area contributed by atoms with Gasteiger partial charge in [-0.2, -0.15) is 0 Å². The van der Waals surface area contributed by atoms with E-state index in [1.165, 1.54) is 54.9 Å². The fourth-order valence-corrected chi connectivity index (χ4v) is 8.09. The third-order valence-electron chi connectivity index (χ3n) is 8.58. The van der Waals surface area contributed by atoms with Crippen molar-refractivity contribution in [3.8, 4) is 5.82 Å². The van der Waals surface area contributed by atoms with Gasteiger partial charge in [0.1, 0.15) is 5.82 Å². The van der Waals surface area contributed by atoms with E-state index in [1.807, 2.05) is 37.3 Å². The highest BCUT2D eigenvalue weighted by atomic mass is 32.2. The lowest BCUT2D eigenvalue weighted by atomic mass is 9.48. The van der Waals surface area contributed by atoms with E-state index in [4.69, 9.17) is 4.98 Å². The molecule has 4 fully saturated rings. The molecule has 1 atom stereocenters. The summed E-state index contributed by atoms with van der Waals surface area (Å²) in [6.07, 6.45) is 9.72. The Labute approximate surface area is 209 Å². The number of fused-ring (bicyclic) bond motifs is 1. The molecule has 0 radical (unpaired) electrons. The highest BCUT2D eigenvalue weighted by Crippen LogP contribution is 2.61. The van der Waals surface area contributed by atoms with Gasteiger partial charge in [-0.25, -0.2) is 14.5 Å². The molecular formula is C28H32N4O2S. The van der Waals surface area contributed by atoms with Gasteiger partial charge in [-0.3, -0.25) is 9.59 Å². The monoisotopic (exact) mass is 488 g/mol. The summed E-state index contributed by atoms with van der Waals surface area (Å²) < 4.78 is 1.53. The number of nitrogens with one attached hydrogen (secondary N) is 1. The fourth-order valence-electron chi connectivity index (χ4n) is 7.28. The van der Waals surface area contributed by atoms with Crippen molar-refractivity contribution < 1.29 is 4.79 Å². The number of amides is 1. The third kappa shape index (κ3) is 4.18. The number of pyridine rings is 1. The van der Waals surface area contributed by atoms with Gasteiger partial charge in [0.2, 0.25) is 5.91 Å². The number of nitrogens with zero attached hydrogens (tertiary/aromatic N) is 3. The second-order valence-electron chi connectivity index (χ2n) is 11.1. The molecule has 0 spiro atoms. The molecule has 7 rings (SSSR count). The molecule has 0 saturated heterocycles. The first-order valence-electron chi connectivity index (χ1n) is 12.8. The number of para-hydroxylation sites is 1. The number of hydrogen-bond donors (Lipinski definition) is 1. The van der Waals surface area contributed by atoms with Crippen molar-refractivity contribution in [2.24, 2.45) is 23.2 Å². The van der Waals surface area contributed by atoms with Gasteiger partial charge < -0.3 is 5.32 Å². The molecular weight excluding hydrogens is 456 g/mol. The van der Waals surface area contributed by atoms with Gasteiger partial charge >= 0.3 is 0 Å². The average molecular weight is 489 g/mol. The Morgan fingerprint density at radius 2 is 1.80 bits per heavy atom. The quantitative estimate of drug-likeness (QED) is 0.394. The molecule has 2 aromatic heterocycles. The van der Waals surface area contributed by atoms with Crippen LogP contribution in [0.5, 0.6) is 0 Å². The average Bonchev–Trinajstić information content (AvgIpc) is 2.83. The van der Waals surface area contributed by atoms with Gasteiger partial charge in [0.25, 0.3) is 5.56 Å². The van der Waals surface area contributed by atoms with Crippen LogP contribution in [0.15, 0.2) is 52.5 Å². The number of aryl methyl sites for hydroxylation is 1. The summed E-state index contributed by atoms with van der Waals surface area (Å²) in [7, 11) is 0. The Morgan fingerprint density at radius 3 is 2.46 bits per heavy atom. The van der Waals surface area contributed by atoms with Crippen molar-refractivity contribution in [1.82, 2.24) is 19.9 Å². The first-order chi connectivity index (χ1) is 16.9. The van der Waals surface area contributed by atoms with Crippen LogP contribution in [-0.2, 0) is 4.79 Å². The topological polar surface area (TPSA) is 76.9 Å². The van der Waals surface area contributed by atoms with Gasteiger partial charge in [-0.1, -0.05) is 30.0 Å². The van der Waals surface area contributed by atoms with Crippen LogP contribution in [0.1, 0.15) is 51.0 Å². The van der Waals surface area contributed by atoms with Crippen LogP contribution in [0, 0.1) is 30.1 Å². The van der Waals surface area contributed by atoms with Crippen LogP contribution in [0.3, 0.4) is 0 Å². The Hall–Kier alpha value is -2.67. The van der Waals surface area contributed by atoms with Gasteiger partial charge in [-0.15, -0.1) is 0 Å². The minimum Gasteiger partial charge on any atom is -0.352 e. The number of rotatable bonds is 6. The number of carbonyl (C=O) groups excluding carboxylic acids is 1. The number of hydrogen-bond acceptors (Lipinski definition) is 5. The standard InChI is InChI=1S/C28H32N4O2S/c1-17-7-8-24(29-15-17)32-26(34)22-5-3-4-6-23(22)31-27(32)35-16-25(33)30-18(2)28-12-19-9-20(13-28)11-21(10-19)14-28/h3-8,15,18-21H,9-14,16H2,1-2H3,(H,30,33). The predicted molar refractivity (Wildman–Crippen MR) is 139 cm³/mol. The minimum absolute atomic E-state index is 0.00377. The zero-order valence-corrected chi connectivity index (χ0v) is 21.2. The molecule has 4 bridgehead atoms. The zero-order chi connectivity index (χ0) is 24.2. The second kappa shape index (κ2) is 8.77. The molecule has 4 saturated carbocycles. The van der Waals surface area contributed by atoms with E-state index < -0.39 is 0 Å². The molecule has 182 valence electrons.